The zero-order chi connectivity index (χ0) is 12.1. The summed E-state index contributed by atoms with van der Waals surface area (Å²) >= 11 is 5.66. The molecule has 0 bridgehead atoms. The van der Waals surface area contributed by atoms with Crippen molar-refractivity contribution in [1.82, 2.24) is 4.98 Å². The lowest BCUT2D eigenvalue weighted by Crippen LogP contribution is -2.35. The first-order chi connectivity index (χ1) is 7.56. The normalized spacial score (nSPS) is 10.9. The highest BCUT2D eigenvalue weighted by atomic mass is 35.5. The van der Waals surface area contributed by atoms with Crippen LogP contribution in [0.4, 0.5) is 10.2 Å². The molecule has 5 heteroatoms. The van der Waals surface area contributed by atoms with Crippen molar-refractivity contribution in [2.45, 2.75) is 19.9 Å². The number of pyridine rings is 1. The molecule has 1 aromatic rings. The Hall–Kier alpha value is -0.870. The minimum atomic E-state index is -0.405. The van der Waals surface area contributed by atoms with Crippen LogP contribution in [0.2, 0.25) is 5.02 Å². The van der Waals surface area contributed by atoms with Gasteiger partial charge >= 0.3 is 0 Å². The van der Waals surface area contributed by atoms with Gasteiger partial charge in [0, 0.05) is 25.9 Å². The topological polar surface area (TPSA) is 25.4 Å². The van der Waals surface area contributed by atoms with Crippen LogP contribution in [0.1, 0.15) is 13.8 Å². The molecule has 1 rings (SSSR count). The number of ether oxygens (including phenoxy) is 1. The number of hydrogen-bond donors (Lipinski definition) is 0. The number of methoxy groups -OCH3 is 1. The maximum Gasteiger partial charge on any atom is 0.167 e. The van der Waals surface area contributed by atoms with Crippen LogP contribution in [0.3, 0.4) is 0 Å². The molecule has 0 N–H and O–H groups in total. The van der Waals surface area contributed by atoms with E-state index in [1.165, 1.54) is 12.3 Å². The Bertz CT molecular complexity index is 347. The molecule has 1 heterocycles. The summed E-state index contributed by atoms with van der Waals surface area (Å²) in [6.45, 7) is 5.08. The lowest BCUT2D eigenvalue weighted by Gasteiger charge is -2.27. The van der Waals surface area contributed by atoms with Crippen molar-refractivity contribution in [3.63, 3.8) is 0 Å². The molecule has 0 fully saturated rings. The first-order valence-corrected chi connectivity index (χ1v) is 5.50. The van der Waals surface area contributed by atoms with Crippen molar-refractivity contribution in [2.24, 2.45) is 0 Å². The molecule has 0 saturated carbocycles. The van der Waals surface area contributed by atoms with E-state index in [1.54, 1.807) is 7.11 Å². The van der Waals surface area contributed by atoms with Gasteiger partial charge in [0.05, 0.1) is 11.6 Å². The average molecular weight is 247 g/mol. The molecule has 1 aromatic heterocycles. The summed E-state index contributed by atoms with van der Waals surface area (Å²) in [6.07, 6.45) is 1.45. The second-order valence-corrected chi connectivity index (χ2v) is 4.18. The van der Waals surface area contributed by atoms with E-state index >= 15 is 0 Å². The summed E-state index contributed by atoms with van der Waals surface area (Å²) in [5.41, 5.74) is 0. The van der Waals surface area contributed by atoms with E-state index in [4.69, 9.17) is 16.3 Å². The molecule has 0 aliphatic carbocycles. The maximum absolute atomic E-state index is 13.7. The average Bonchev–Trinajstić information content (AvgIpc) is 2.20. The van der Waals surface area contributed by atoms with E-state index in [9.17, 15) is 4.39 Å². The van der Waals surface area contributed by atoms with Crippen molar-refractivity contribution in [2.75, 3.05) is 25.2 Å². The molecule has 3 nitrogen and oxygen atoms in total. The number of aromatic nitrogens is 1. The summed E-state index contributed by atoms with van der Waals surface area (Å²) in [7, 11) is 1.62. The number of rotatable bonds is 5. The van der Waals surface area contributed by atoms with E-state index < -0.39 is 5.82 Å². The van der Waals surface area contributed by atoms with E-state index in [0.717, 1.165) is 0 Å². The molecule has 0 radical (unpaired) electrons. The van der Waals surface area contributed by atoms with Crippen LogP contribution in [0, 0.1) is 5.82 Å². The van der Waals surface area contributed by atoms with Gasteiger partial charge in [0.2, 0.25) is 0 Å². The number of hydrogen-bond acceptors (Lipinski definition) is 3. The summed E-state index contributed by atoms with van der Waals surface area (Å²) in [4.78, 5) is 5.86. The van der Waals surface area contributed by atoms with Crippen LogP contribution in [-0.2, 0) is 4.74 Å². The summed E-state index contributed by atoms with van der Waals surface area (Å²) in [6, 6.07) is 1.42. The van der Waals surface area contributed by atoms with Crippen molar-refractivity contribution >= 4 is 17.4 Å². The Kier molecular flexibility index (Phi) is 4.96. The van der Waals surface area contributed by atoms with Crippen molar-refractivity contribution in [1.29, 1.82) is 0 Å². The Morgan fingerprint density at radius 3 is 2.75 bits per heavy atom. The van der Waals surface area contributed by atoms with Crippen LogP contribution < -0.4 is 4.90 Å². The van der Waals surface area contributed by atoms with Crippen LogP contribution in [0.15, 0.2) is 12.3 Å². The summed E-state index contributed by atoms with van der Waals surface area (Å²) < 4.78 is 18.6. The monoisotopic (exact) mass is 246 g/mol. The zero-order valence-electron chi connectivity index (χ0n) is 9.70. The zero-order valence-corrected chi connectivity index (χ0v) is 10.5. The third-order valence-corrected chi connectivity index (χ3v) is 2.43. The summed E-state index contributed by atoms with van der Waals surface area (Å²) in [5, 5.41) is 0.302. The molecular weight excluding hydrogens is 231 g/mol. The van der Waals surface area contributed by atoms with Crippen LogP contribution >= 0.6 is 11.6 Å². The minimum Gasteiger partial charge on any atom is -0.383 e. The third kappa shape index (κ3) is 3.32. The fraction of sp³-hybridized carbons (Fsp3) is 0.545. The van der Waals surface area contributed by atoms with Gasteiger partial charge in [-0.15, -0.1) is 0 Å². The predicted octanol–water partition coefficient (Wildman–Crippen LogP) is 2.74. The van der Waals surface area contributed by atoms with Crippen molar-refractivity contribution < 1.29 is 9.13 Å². The molecule has 0 spiro atoms. The van der Waals surface area contributed by atoms with Crippen molar-refractivity contribution in [3.05, 3.63) is 23.1 Å². The van der Waals surface area contributed by atoms with Gasteiger partial charge in [-0.3, -0.25) is 0 Å². The smallest absolute Gasteiger partial charge is 0.167 e. The van der Waals surface area contributed by atoms with Gasteiger partial charge < -0.3 is 9.64 Å². The SMILES string of the molecule is COCCN(c1ncc(Cl)cc1F)C(C)C. The summed E-state index contributed by atoms with van der Waals surface area (Å²) in [5.74, 6) is -0.0891. The number of nitrogens with zero attached hydrogens (tertiary/aromatic N) is 2. The van der Waals surface area contributed by atoms with E-state index in [-0.39, 0.29) is 6.04 Å². The number of halogens is 2. The standard InChI is InChI=1S/C11H16ClFN2O/c1-8(2)15(4-5-16-3)11-10(13)6-9(12)7-14-11/h6-8H,4-5H2,1-3H3. The highest BCUT2D eigenvalue weighted by Gasteiger charge is 2.16. The van der Waals surface area contributed by atoms with Gasteiger partial charge in [0.1, 0.15) is 0 Å². The third-order valence-electron chi connectivity index (χ3n) is 2.22. The molecule has 0 aliphatic rings. The fourth-order valence-corrected chi connectivity index (χ4v) is 1.56. The second-order valence-electron chi connectivity index (χ2n) is 3.74. The van der Waals surface area contributed by atoms with E-state index in [2.05, 4.69) is 4.98 Å². The van der Waals surface area contributed by atoms with E-state index in [1.807, 2.05) is 18.7 Å². The Balaban J connectivity index is 2.92. The largest absolute Gasteiger partial charge is 0.383 e. The van der Waals surface area contributed by atoms with Crippen LogP contribution in [0.5, 0.6) is 0 Å². The van der Waals surface area contributed by atoms with Gasteiger partial charge in [0.15, 0.2) is 11.6 Å². The molecule has 90 valence electrons. The van der Waals surface area contributed by atoms with Gasteiger partial charge in [0.25, 0.3) is 0 Å². The van der Waals surface area contributed by atoms with Crippen molar-refractivity contribution in [3.8, 4) is 0 Å². The highest BCUT2D eigenvalue weighted by molar-refractivity contribution is 6.30. The number of anilines is 1. The molecule has 0 atom stereocenters. The molecular formula is C11H16ClFN2O. The first-order valence-electron chi connectivity index (χ1n) is 5.13. The predicted molar refractivity (Wildman–Crippen MR) is 63.6 cm³/mol. The van der Waals surface area contributed by atoms with E-state index in [0.29, 0.717) is 24.0 Å². The maximum atomic E-state index is 13.7. The first kappa shape index (κ1) is 13.2. The van der Waals surface area contributed by atoms with Crippen LogP contribution in [0.25, 0.3) is 0 Å². The highest BCUT2D eigenvalue weighted by Crippen LogP contribution is 2.21. The minimum absolute atomic E-state index is 0.151. The van der Waals surface area contributed by atoms with Crippen LogP contribution in [-0.4, -0.2) is 31.3 Å². The Morgan fingerprint density at radius 1 is 1.56 bits per heavy atom. The molecule has 0 unspecified atom stereocenters. The lowest BCUT2D eigenvalue weighted by molar-refractivity contribution is 0.203. The Morgan fingerprint density at radius 2 is 2.25 bits per heavy atom. The quantitative estimate of drug-likeness (QED) is 0.799. The molecule has 0 saturated heterocycles. The molecule has 0 aromatic carbocycles. The molecule has 0 aliphatic heterocycles. The molecule has 0 amide bonds. The van der Waals surface area contributed by atoms with Gasteiger partial charge in [-0.25, -0.2) is 9.37 Å². The fourth-order valence-electron chi connectivity index (χ4n) is 1.42. The van der Waals surface area contributed by atoms with Gasteiger partial charge in [-0.1, -0.05) is 11.6 Å². The lowest BCUT2D eigenvalue weighted by atomic mass is 10.3. The van der Waals surface area contributed by atoms with Gasteiger partial charge in [-0.05, 0) is 19.9 Å². The van der Waals surface area contributed by atoms with Gasteiger partial charge in [-0.2, -0.15) is 0 Å². The second kappa shape index (κ2) is 6.01. The molecule has 16 heavy (non-hydrogen) atoms. The Labute approximate surface area is 100 Å².